The minimum absolute atomic E-state index is 0.0138. The summed E-state index contributed by atoms with van der Waals surface area (Å²) in [5.41, 5.74) is 2.65. The Labute approximate surface area is 134 Å². The number of hydrogen-bond acceptors (Lipinski definition) is 2. The van der Waals surface area contributed by atoms with Crippen molar-refractivity contribution in [1.29, 1.82) is 0 Å². The van der Waals surface area contributed by atoms with Crippen LogP contribution in [0.4, 0.5) is 0 Å². The van der Waals surface area contributed by atoms with Crippen molar-refractivity contribution in [3.05, 3.63) is 35.4 Å². The maximum atomic E-state index is 12.2. The third-order valence-corrected chi connectivity index (χ3v) is 4.74. The van der Waals surface area contributed by atoms with Crippen LogP contribution in [0.5, 0.6) is 0 Å². The van der Waals surface area contributed by atoms with Crippen molar-refractivity contribution in [3.63, 3.8) is 0 Å². The first-order chi connectivity index (χ1) is 9.66. The van der Waals surface area contributed by atoms with Crippen molar-refractivity contribution in [2.75, 3.05) is 6.26 Å². The van der Waals surface area contributed by atoms with E-state index < -0.39 is 0 Å². The summed E-state index contributed by atoms with van der Waals surface area (Å²) in [6.45, 7) is 12.9. The molecule has 0 radical (unpaired) electrons. The van der Waals surface area contributed by atoms with Crippen LogP contribution in [0.2, 0.25) is 0 Å². The Morgan fingerprint density at radius 1 is 1.10 bits per heavy atom. The molecule has 0 aliphatic carbocycles. The van der Waals surface area contributed by atoms with E-state index in [0.717, 1.165) is 0 Å². The van der Waals surface area contributed by atoms with E-state index in [1.54, 1.807) is 11.8 Å². The smallest absolute Gasteiger partial charge is 0.233 e. The van der Waals surface area contributed by atoms with E-state index in [-0.39, 0.29) is 22.6 Å². The zero-order valence-corrected chi connectivity index (χ0v) is 15.2. The van der Waals surface area contributed by atoms with Crippen molar-refractivity contribution in [3.8, 4) is 0 Å². The Morgan fingerprint density at radius 3 is 2.00 bits per heavy atom. The average Bonchev–Trinajstić information content (AvgIpc) is 2.42. The van der Waals surface area contributed by atoms with Crippen LogP contribution in [0.15, 0.2) is 24.3 Å². The van der Waals surface area contributed by atoms with E-state index in [2.05, 4.69) is 64.2 Å². The highest BCUT2D eigenvalue weighted by Gasteiger charge is 2.22. The lowest BCUT2D eigenvalue weighted by Gasteiger charge is -2.26. The van der Waals surface area contributed by atoms with Crippen molar-refractivity contribution in [2.24, 2.45) is 5.92 Å². The van der Waals surface area contributed by atoms with Gasteiger partial charge in [-0.25, -0.2) is 0 Å². The molecule has 3 heteroatoms. The van der Waals surface area contributed by atoms with E-state index in [1.165, 1.54) is 11.1 Å². The van der Waals surface area contributed by atoms with Gasteiger partial charge in [0.05, 0.1) is 11.3 Å². The lowest BCUT2D eigenvalue weighted by Crippen LogP contribution is -2.36. The third-order valence-electron chi connectivity index (χ3n) is 3.82. The Morgan fingerprint density at radius 2 is 1.62 bits per heavy atom. The van der Waals surface area contributed by atoms with E-state index in [4.69, 9.17) is 0 Å². The molecule has 0 saturated heterocycles. The summed E-state index contributed by atoms with van der Waals surface area (Å²) in [6, 6.07) is 8.72. The second-order valence-electron chi connectivity index (χ2n) is 6.98. The molecule has 0 bridgehead atoms. The monoisotopic (exact) mass is 307 g/mol. The zero-order valence-electron chi connectivity index (χ0n) is 14.4. The van der Waals surface area contributed by atoms with Gasteiger partial charge >= 0.3 is 0 Å². The predicted octanol–water partition coefficient (Wildman–Crippen LogP) is 4.55. The summed E-state index contributed by atoms with van der Waals surface area (Å²) in [5.74, 6) is 0.476. The van der Waals surface area contributed by atoms with Gasteiger partial charge in [0.15, 0.2) is 0 Å². The van der Waals surface area contributed by atoms with Gasteiger partial charge in [-0.2, -0.15) is 11.8 Å². The number of rotatable bonds is 5. The standard InChI is InChI=1S/C18H29NOS/c1-12(2)16(19-17(20)13(3)21-7)14-8-10-15(11-9-14)18(4,5)6/h8-13,16H,1-7H3,(H,19,20). The summed E-state index contributed by atoms with van der Waals surface area (Å²) >= 11 is 1.58. The molecular weight excluding hydrogens is 278 g/mol. The van der Waals surface area contributed by atoms with Crippen molar-refractivity contribution >= 4 is 17.7 Å². The van der Waals surface area contributed by atoms with Gasteiger partial charge in [0.1, 0.15) is 0 Å². The molecule has 1 rings (SSSR count). The number of benzene rings is 1. The number of carbonyl (C=O) groups is 1. The fourth-order valence-corrected chi connectivity index (χ4v) is 2.49. The van der Waals surface area contributed by atoms with Crippen LogP contribution >= 0.6 is 11.8 Å². The molecule has 2 nitrogen and oxygen atoms in total. The number of thioether (sulfide) groups is 1. The highest BCUT2D eigenvalue weighted by Crippen LogP contribution is 2.27. The second kappa shape index (κ2) is 7.35. The Kier molecular flexibility index (Phi) is 6.33. The van der Waals surface area contributed by atoms with E-state index >= 15 is 0 Å². The fraction of sp³-hybridized carbons (Fsp3) is 0.611. The molecule has 0 saturated carbocycles. The molecule has 21 heavy (non-hydrogen) atoms. The summed E-state index contributed by atoms with van der Waals surface area (Å²) in [4.78, 5) is 12.2. The number of nitrogens with one attached hydrogen (secondary N) is 1. The number of hydrogen-bond donors (Lipinski definition) is 1. The van der Waals surface area contributed by atoms with Crippen molar-refractivity contribution < 1.29 is 4.79 Å². The first-order valence-corrected chi connectivity index (χ1v) is 8.89. The van der Waals surface area contributed by atoms with Gasteiger partial charge < -0.3 is 5.32 Å². The molecule has 2 atom stereocenters. The minimum atomic E-state index is -0.0138. The molecule has 0 heterocycles. The van der Waals surface area contributed by atoms with Crippen LogP contribution in [0.1, 0.15) is 58.7 Å². The summed E-state index contributed by atoms with van der Waals surface area (Å²) in [6.07, 6.45) is 1.97. The third kappa shape index (κ3) is 5.06. The summed E-state index contributed by atoms with van der Waals surface area (Å²) in [5, 5.41) is 3.17. The second-order valence-corrected chi connectivity index (χ2v) is 8.16. The molecule has 0 fully saturated rings. The molecule has 1 aromatic carbocycles. The zero-order chi connectivity index (χ0) is 16.2. The number of amides is 1. The summed E-state index contributed by atoms with van der Waals surface area (Å²) in [7, 11) is 0. The molecule has 2 unspecified atom stereocenters. The Bertz CT molecular complexity index is 459. The van der Waals surface area contributed by atoms with Gasteiger partial charge in [-0.15, -0.1) is 0 Å². The fourth-order valence-electron chi connectivity index (χ4n) is 2.20. The van der Waals surface area contributed by atoms with Gasteiger partial charge in [-0.3, -0.25) is 4.79 Å². The lowest BCUT2D eigenvalue weighted by atomic mass is 9.85. The van der Waals surface area contributed by atoms with Gasteiger partial charge in [0.2, 0.25) is 5.91 Å². The van der Waals surface area contributed by atoms with Crippen LogP contribution < -0.4 is 5.32 Å². The maximum absolute atomic E-state index is 12.2. The van der Waals surface area contributed by atoms with E-state index in [9.17, 15) is 4.79 Å². The van der Waals surface area contributed by atoms with Crippen LogP contribution in [0, 0.1) is 5.92 Å². The van der Waals surface area contributed by atoms with Crippen LogP contribution in [0.3, 0.4) is 0 Å². The molecule has 0 spiro atoms. The molecule has 1 aromatic rings. The lowest BCUT2D eigenvalue weighted by molar-refractivity contribution is -0.121. The first kappa shape index (κ1) is 18.1. The van der Waals surface area contributed by atoms with Gasteiger partial charge in [0.25, 0.3) is 0 Å². The Balaban J connectivity index is 2.94. The van der Waals surface area contributed by atoms with Gasteiger partial charge in [-0.05, 0) is 35.6 Å². The van der Waals surface area contributed by atoms with E-state index in [1.807, 2.05) is 13.2 Å². The Hall–Kier alpha value is -0.960. The molecule has 118 valence electrons. The molecule has 0 aliphatic rings. The summed E-state index contributed by atoms with van der Waals surface area (Å²) < 4.78 is 0. The highest BCUT2D eigenvalue weighted by molar-refractivity contribution is 7.99. The largest absolute Gasteiger partial charge is 0.348 e. The average molecular weight is 308 g/mol. The normalized spacial score (nSPS) is 14.9. The molecular formula is C18H29NOS. The molecule has 1 amide bonds. The molecule has 1 N–H and O–H groups in total. The first-order valence-electron chi connectivity index (χ1n) is 7.60. The highest BCUT2D eigenvalue weighted by atomic mass is 32.2. The van der Waals surface area contributed by atoms with E-state index in [0.29, 0.717) is 5.92 Å². The van der Waals surface area contributed by atoms with Crippen LogP contribution in [0.25, 0.3) is 0 Å². The molecule has 0 aromatic heterocycles. The van der Waals surface area contributed by atoms with Gasteiger partial charge in [0, 0.05) is 0 Å². The maximum Gasteiger partial charge on any atom is 0.233 e. The topological polar surface area (TPSA) is 29.1 Å². The van der Waals surface area contributed by atoms with Crippen LogP contribution in [-0.2, 0) is 10.2 Å². The quantitative estimate of drug-likeness (QED) is 0.864. The SMILES string of the molecule is CSC(C)C(=O)NC(c1ccc(C(C)(C)C)cc1)C(C)C. The number of carbonyl (C=O) groups excluding carboxylic acids is 1. The van der Waals surface area contributed by atoms with Crippen LogP contribution in [-0.4, -0.2) is 17.4 Å². The van der Waals surface area contributed by atoms with Gasteiger partial charge in [-0.1, -0.05) is 58.9 Å². The van der Waals surface area contributed by atoms with Crippen molar-refractivity contribution in [2.45, 2.75) is 58.2 Å². The minimum Gasteiger partial charge on any atom is -0.348 e. The molecule has 0 aliphatic heterocycles. The van der Waals surface area contributed by atoms with Crippen molar-refractivity contribution in [1.82, 2.24) is 5.32 Å². The predicted molar refractivity (Wildman–Crippen MR) is 93.8 cm³/mol.